The number of anilines is 1. The summed E-state index contributed by atoms with van der Waals surface area (Å²) >= 11 is 5.85. The second kappa shape index (κ2) is 6.03. The number of carbonyl (C=O) groups is 1. The predicted octanol–water partition coefficient (Wildman–Crippen LogP) is 0.201. The lowest BCUT2D eigenvalue weighted by molar-refractivity contribution is 0.0957. The first-order valence-corrected chi connectivity index (χ1v) is 7.14. The number of halogens is 1. The molecule has 0 saturated carbocycles. The highest BCUT2D eigenvalue weighted by atomic mass is 35.5. The average Bonchev–Trinajstić information content (AvgIpc) is 2.28. The van der Waals surface area contributed by atoms with Crippen LogP contribution >= 0.6 is 11.6 Å². The van der Waals surface area contributed by atoms with Gasteiger partial charge in [-0.15, -0.1) is 0 Å². The zero-order valence-corrected chi connectivity index (χ0v) is 11.3. The second-order valence-corrected chi connectivity index (χ2v) is 5.94. The Balaban J connectivity index is 2.67. The largest absolute Gasteiger partial charge is 0.398 e. The Bertz CT molecular complexity index is 525. The van der Waals surface area contributed by atoms with Crippen LogP contribution in [0.5, 0.6) is 0 Å². The Morgan fingerprint density at radius 1 is 1.44 bits per heavy atom. The van der Waals surface area contributed by atoms with Crippen LogP contribution in [-0.4, -0.2) is 33.7 Å². The van der Waals surface area contributed by atoms with Gasteiger partial charge in [0.2, 0.25) is 10.0 Å². The SMILES string of the molecule is CNS(=O)(=O)CCNC(=O)c1c(N)cccc1Cl. The monoisotopic (exact) mass is 291 g/mol. The summed E-state index contributed by atoms with van der Waals surface area (Å²) in [6.07, 6.45) is 0. The van der Waals surface area contributed by atoms with E-state index in [1.165, 1.54) is 13.1 Å². The lowest BCUT2D eigenvalue weighted by Crippen LogP contribution is -2.33. The van der Waals surface area contributed by atoms with Crippen molar-refractivity contribution in [3.63, 3.8) is 0 Å². The molecule has 0 spiro atoms. The van der Waals surface area contributed by atoms with Crippen molar-refractivity contribution < 1.29 is 13.2 Å². The van der Waals surface area contributed by atoms with E-state index in [1.54, 1.807) is 12.1 Å². The third-order valence-corrected chi connectivity index (χ3v) is 3.92. The number of amides is 1. The number of sulfonamides is 1. The number of rotatable bonds is 5. The summed E-state index contributed by atoms with van der Waals surface area (Å²) in [7, 11) is -2.04. The van der Waals surface area contributed by atoms with E-state index in [0.29, 0.717) is 0 Å². The maximum Gasteiger partial charge on any atom is 0.254 e. The molecule has 0 aliphatic heterocycles. The number of nitrogen functional groups attached to an aromatic ring is 1. The highest BCUT2D eigenvalue weighted by Crippen LogP contribution is 2.21. The maximum absolute atomic E-state index is 11.8. The van der Waals surface area contributed by atoms with Gasteiger partial charge in [0.1, 0.15) is 0 Å². The van der Waals surface area contributed by atoms with Crippen LogP contribution < -0.4 is 15.8 Å². The van der Waals surface area contributed by atoms with Gasteiger partial charge in [0.15, 0.2) is 0 Å². The molecule has 18 heavy (non-hydrogen) atoms. The summed E-state index contributed by atoms with van der Waals surface area (Å²) in [5.74, 6) is -0.705. The van der Waals surface area contributed by atoms with Gasteiger partial charge in [-0.2, -0.15) is 0 Å². The first kappa shape index (κ1) is 14.7. The lowest BCUT2D eigenvalue weighted by Gasteiger charge is -2.09. The Labute approximate surface area is 111 Å². The standard InChI is InChI=1S/C10H14ClN3O3S/c1-13-18(16,17)6-5-14-10(15)9-7(11)3-2-4-8(9)12/h2-4,13H,5-6,12H2,1H3,(H,14,15). The van der Waals surface area contributed by atoms with Crippen LogP contribution in [0.2, 0.25) is 5.02 Å². The molecule has 0 aliphatic rings. The van der Waals surface area contributed by atoms with E-state index < -0.39 is 15.9 Å². The molecule has 0 aliphatic carbocycles. The first-order chi connectivity index (χ1) is 8.37. The van der Waals surface area contributed by atoms with Crippen LogP contribution in [0, 0.1) is 0 Å². The molecular weight excluding hydrogens is 278 g/mol. The topological polar surface area (TPSA) is 101 Å². The van der Waals surface area contributed by atoms with Crippen molar-refractivity contribution in [3.05, 3.63) is 28.8 Å². The summed E-state index contributed by atoms with van der Waals surface area (Å²) in [5, 5.41) is 2.67. The van der Waals surface area contributed by atoms with Gasteiger partial charge in [0, 0.05) is 12.2 Å². The number of nitrogens with one attached hydrogen (secondary N) is 2. The Morgan fingerprint density at radius 3 is 2.67 bits per heavy atom. The van der Waals surface area contributed by atoms with Gasteiger partial charge >= 0.3 is 0 Å². The fraction of sp³-hybridized carbons (Fsp3) is 0.300. The van der Waals surface area contributed by atoms with Gasteiger partial charge in [0.25, 0.3) is 5.91 Å². The predicted molar refractivity (Wildman–Crippen MR) is 71.0 cm³/mol. The van der Waals surface area contributed by atoms with Crippen molar-refractivity contribution in [1.29, 1.82) is 0 Å². The van der Waals surface area contributed by atoms with E-state index in [0.717, 1.165) is 0 Å². The van der Waals surface area contributed by atoms with Crippen LogP contribution in [0.1, 0.15) is 10.4 Å². The molecule has 0 aromatic heterocycles. The van der Waals surface area contributed by atoms with Crippen LogP contribution in [0.15, 0.2) is 18.2 Å². The molecule has 0 heterocycles. The third kappa shape index (κ3) is 3.86. The molecule has 1 rings (SSSR count). The van der Waals surface area contributed by atoms with E-state index in [2.05, 4.69) is 10.0 Å². The average molecular weight is 292 g/mol. The Kier molecular flexibility index (Phi) is 4.94. The van der Waals surface area contributed by atoms with E-state index in [1.807, 2.05) is 0 Å². The van der Waals surface area contributed by atoms with E-state index in [9.17, 15) is 13.2 Å². The summed E-state index contributed by atoms with van der Waals surface area (Å²) in [6, 6.07) is 4.71. The summed E-state index contributed by atoms with van der Waals surface area (Å²) < 4.78 is 24.4. The number of hydrogen-bond donors (Lipinski definition) is 3. The zero-order valence-electron chi connectivity index (χ0n) is 9.73. The summed E-state index contributed by atoms with van der Waals surface area (Å²) in [5.41, 5.74) is 6.03. The van der Waals surface area contributed by atoms with Crippen molar-refractivity contribution in [3.8, 4) is 0 Å². The van der Waals surface area contributed by atoms with Gasteiger partial charge in [-0.1, -0.05) is 17.7 Å². The molecule has 1 aromatic rings. The fourth-order valence-electron chi connectivity index (χ4n) is 1.27. The van der Waals surface area contributed by atoms with Gasteiger partial charge in [-0.25, -0.2) is 13.1 Å². The molecule has 4 N–H and O–H groups in total. The van der Waals surface area contributed by atoms with Crippen LogP contribution in [0.3, 0.4) is 0 Å². The van der Waals surface area contributed by atoms with E-state index >= 15 is 0 Å². The van der Waals surface area contributed by atoms with Gasteiger partial charge in [0.05, 0.1) is 16.3 Å². The minimum atomic E-state index is -3.35. The highest BCUT2D eigenvalue weighted by Gasteiger charge is 2.14. The molecule has 8 heteroatoms. The minimum Gasteiger partial charge on any atom is -0.398 e. The van der Waals surface area contributed by atoms with Crippen molar-refractivity contribution in [2.45, 2.75) is 0 Å². The number of nitrogens with two attached hydrogens (primary N) is 1. The van der Waals surface area contributed by atoms with Crippen LogP contribution in [0.4, 0.5) is 5.69 Å². The molecule has 0 saturated heterocycles. The molecule has 0 radical (unpaired) electrons. The van der Waals surface area contributed by atoms with Gasteiger partial charge in [-0.05, 0) is 19.2 Å². The Hall–Kier alpha value is -1.31. The third-order valence-electron chi connectivity index (χ3n) is 2.24. The summed E-state index contributed by atoms with van der Waals surface area (Å²) in [6.45, 7) is -0.0212. The van der Waals surface area contributed by atoms with Crippen molar-refractivity contribution in [1.82, 2.24) is 10.0 Å². The second-order valence-electron chi connectivity index (χ2n) is 3.48. The summed E-state index contributed by atoms with van der Waals surface area (Å²) in [4.78, 5) is 11.8. The van der Waals surface area contributed by atoms with E-state index in [4.69, 9.17) is 17.3 Å². The van der Waals surface area contributed by atoms with Crippen molar-refractivity contribution >= 4 is 33.2 Å². The quantitative estimate of drug-likeness (QED) is 0.675. The number of benzene rings is 1. The zero-order chi connectivity index (χ0) is 13.8. The molecule has 0 unspecified atom stereocenters. The molecule has 0 atom stereocenters. The number of hydrogen-bond acceptors (Lipinski definition) is 4. The maximum atomic E-state index is 11.8. The molecule has 0 bridgehead atoms. The fourth-order valence-corrected chi connectivity index (χ4v) is 2.11. The first-order valence-electron chi connectivity index (χ1n) is 5.11. The minimum absolute atomic E-state index is 0.0212. The van der Waals surface area contributed by atoms with Crippen molar-refractivity contribution in [2.24, 2.45) is 0 Å². The molecule has 6 nitrogen and oxygen atoms in total. The Morgan fingerprint density at radius 2 is 2.11 bits per heavy atom. The van der Waals surface area contributed by atoms with Crippen molar-refractivity contribution in [2.75, 3.05) is 25.1 Å². The highest BCUT2D eigenvalue weighted by molar-refractivity contribution is 7.89. The van der Waals surface area contributed by atoms with Gasteiger partial charge in [-0.3, -0.25) is 4.79 Å². The van der Waals surface area contributed by atoms with Gasteiger partial charge < -0.3 is 11.1 Å². The van der Waals surface area contributed by atoms with Crippen LogP contribution in [0.25, 0.3) is 0 Å². The molecule has 0 fully saturated rings. The van der Waals surface area contributed by atoms with E-state index in [-0.39, 0.29) is 28.6 Å². The van der Waals surface area contributed by atoms with Crippen LogP contribution in [-0.2, 0) is 10.0 Å². The smallest absolute Gasteiger partial charge is 0.254 e. The molecule has 100 valence electrons. The molecular formula is C10H14ClN3O3S. The lowest BCUT2D eigenvalue weighted by atomic mass is 10.1. The number of carbonyl (C=O) groups excluding carboxylic acids is 1. The molecule has 1 amide bonds. The molecule has 1 aromatic carbocycles. The normalized spacial score (nSPS) is 11.2.